The van der Waals surface area contributed by atoms with Gasteiger partial charge in [-0.3, -0.25) is 19.8 Å². The summed E-state index contributed by atoms with van der Waals surface area (Å²) in [5.74, 6) is 0.519. The summed E-state index contributed by atoms with van der Waals surface area (Å²) >= 11 is 0. The number of carbonyl (C=O) groups is 2. The molecule has 35 heavy (non-hydrogen) atoms. The molecule has 1 aromatic rings. The molecule has 1 aliphatic carbocycles. The molecule has 1 saturated heterocycles. The van der Waals surface area contributed by atoms with Gasteiger partial charge in [-0.25, -0.2) is 0 Å². The molecular weight excluding hydrogens is 434 g/mol. The number of nitrogens with one attached hydrogen (secondary N) is 1. The third kappa shape index (κ3) is 7.55. The van der Waals surface area contributed by atoms with Crippen molar-refractivity contribution >= 4 is 17.5 Å². The van der Waals surface area contributed by atoms with Crippen LogP contribution >= 0.6 is 0 Å². The molecule has 2 fully saturated rings. The normalized spacial score (nSPS) is 23.1. The van der Waals surface area contributed by atoms with Gasteiger partial charge in [-0.2, -0.15) is 0 Å². The molecule has 0 bridgehead atoms. The Morgan fingerprint density at radius 3 is 2.37 bits per heavy atom. The minimum Gasteiger partial charge on any atom is -0.337 e. The molecule has 1 aliphatic heterocycles. The number of carbonyl (C=O) groups excluding carboxylic acids is 2. The molecule has 5 heteroatoms. The van der Waals surface area contributed by atoms with Crippen LogP contribution in [0.1, 0.15) is 111 Å². The molecule has 1 heterocycles. The van der Waals surface area contributed by atoms with Crippen LogP contribution < -0.4 is 10.2 Å². The Morgan fingerprint density at radius 1 is 0.971 bits per heavy atom. The van der Waals surface area contributed by atoms with Crippen molar-refractivity contribution in [2.75, 3.05) is 11.4 Å². The van der Waals surface area contributed by atoms with Crippen LogP contribution in [0.25, 0.3) is 0 Å². The molecule has 0 spiro atoms. The van der Waals surface area contributed by atoms with Gasteiger partial charge >= 0.3 is 0 Å². The molecule has 4 unspecified atom stereocenters. The highest BCUT2D eigenvalue weighted by Gasteiger charge is 2.46. The van der Waals surface area contributed by atoms with Crippen LogP contribution in [0.4, 0.5) is 5.69 Å². The summed E-state index contributed by atoms with van der Waals surface area (Å²) < 4.78 is 0. The fourth-order valence-electron chi connectivity index (χ4n) is 5.93. The van der Waals surface area contributed by atoms with Gasteiger partial charge < -0.3 is 4.90 Å². The zero-order chi connectivity index (χ0) is 25.0. The predicted octanol–water partition coefficient (Wildman–Crippen LogP) is 6.67. The van der Waals surface area contributed by atoms with E-state index in [2.05, 4.69) is 31.0 Å². The minimum atomic E-state index is -0.195. The number of benzene rings is 1. The Kier molecular flexibility index (Phi) is 11.6. The summed E-state index contributed by atoms with van der Waals surface area (Å²) in [5, 5.41) is 3.86. The highest BCUT2D eigenvalue weighted by Crippen LogP contribution is 2.34. The monoisotopic (exact) mass is 483 g/mol. The smallest absolute Gasteiger partial charge is 0.233 e. The van der Waals surface area contributed by atoms with Gasteiger partial charge in [0, 0.05) is 24.7 Å². The fraction of sp³-hybridized carbons (Fsp3) is 0.733. The Labute approximate surface area is 214 Å². The highest BCUT2D eigenvalue weighted by atomic mass is 16.2. The second-order valence-corrected chi connectivity index (χ2v) is 10.7. The maximum atomic E-state index is 13.8. The summed E-state index contributed by atoms with van der Waals surface area (Å²) in [4.78, 5) is 31.4. The third-order valence-corrected chi connectivity index (χ3v) is 8.03. The Morgan fingerprint density at radius 2 is 1.63 bits per heavy atom. The number of hydrogen-bond acceptors (Lipinski definition) is 3. The van der Waals surface area contributed by atoms with E-state index in [9.17, 15) is 9.59 Å². The van der Waals surface area contributed by atoms with E-state index in [-0.39, 0.29) is 36.0 Å². The summed E-state index contributed by atoms with van der Waals surface area (Å²) in [6.07, 6.45) is 15.1. The van der Waals surface area contributed by atoms with Gasteiger partial charge in [-0.05, 0) is 44.7 Å². The number of anilines is 1. The summed E-state index contributed by atoms with van der Waals surface area (Å²) in [7, 11) is 0. The van der Waals surface area contributed by atoms with Gasteiger partial charge in [0.1, 0.15) is 6.17 Å². The van der Waals surface area contributed by atoms with E-state index in [0.29, 0.717) is 6.42 Å². The second-order valence-electron chi connectivity index (χ2n) is 10.7. The molecule has 2 amide bonds. The van der Waals surface area contributed by atoms with Crippen molar-refractivity contribution in [3.05, 3.63) is 30.3 Å². The van der Waals surface area contributed by atoms with Gasteiger partial charge in [0.15, 0.2) is 0 Å². The van der Waals surface area contributed by atoms with Crippen LogP contribution in [0, 0.1) is 5.92 Å². The third-order valence-electron chi connectivity index (χ3n) is 8.03. The van der Waals surface area contributed by atoms with Crippen LogP contribution in [-0.4, -0.2) is 41.5 Å². The van der Waals surface area contributed by atoms with Crippen molar-refractivity contribution < 1.29 is 9.59 Å². The largest absolute Gasteiger partial charge is 0.337 e. The molecule has 3 rings (SSSR count). The van der Waals surface area contributed by atoms with Crippen LogP contribution in [0.3, 0.4) is 0 Å². The molecule has 0 aromatic heterocycles. The van der Waals surface area contributed by atoms with Crippen molar-refractivity contribution in [1.82, 2.24) is 10.2 Å². The Balaban J connectivity index is 1.77. The number of rotatable bonds is 14. The Bertz CT molecular complexity index is 768. The van der Waals surface area contributed by atoms with Crippen molar-refractivity contribution in [1.29, 1.82) is 0 Å². The molecule has 2 aliphatic rings. The van der Waals surface area contributed by atoms with E-state index in [0.717, 1.165) is 63.6 Å². The average Bonchev–Trinajstić information content (AvgIpc) is 2.88. The number of hydrogen-bond donors (Lipinski definition) is 1. The zero-order valence-electron chi connectivity index (χ0n) is 22.5. The first-order chi connectivity index (χ1) is 17.1. The molecule has 0 radical (unpaired) electrons. The lowest BCUT2D eigenvalue weighted by Gasteiger charge is -2.50. The van der Waals surface area contributed by atoms with Crippen LogP contribution in [-0.2, 0) is 9.59 Å². The lowest BCUT2D eigenvalue weighted by atomic mass is 9.81. The van der Waals surface area contributed by atoms with Crippen molar-refractivity contribution in [2.45, 2.75) is 129 Å². The van der Waals surface area contributed by atoms with Crippen molar-refractivity contribution in [3.8, 4) is 0 Å². The zero-order valence-corrected chi connectivity index (χ0v) is 22.5. The van der Waals surface area contributed by atoms with Crippen molar-refractivity contribution in [3.63, 3.8) is 0 Å². The van der Waals surface area contributed by atoms with Gasteiger partial charge in [0.05, 0.1) is 12.0 Å². The summed E-state index contributed by atoms with van der Waals surface area (Å²) in [6, 6.07) is 10.2. The molecule has 1 N–H and O–H groups in total. The highest BCUT2D eigenvalue weighted by molar-refractivity contribution is 5.97. The van der Waals surface area contributed by atoms with E-state index in [1.165, 1.54) is 32.1 Å². The van der Waals surface area contributed by atoms with E-state index in [1.54, 1.807) is 0 Å². The SMILES string of the molecule is CCCCCCCCC(=O)N(CCCCC)C(C)C1NC2CCCCC2C(=O)N1c1ccccc1. The van der Waals surface area contributed by atoms with E-state index < -0.39 is 0 Å². The quantitative estimate of drug-likeness (QED) is 0.301. The molecule has 5 nitrogen and oxygen atoms in total. The number of para-hydroxylation sites is 1. The Hall–Kier alpha value is -1.88. The number of fused-ring (bicyclic) bond motifs is 1. The first kappa shape index (κ1) is 27.7. The molecule has 4 atom stereocenters. The predicted molar refractivity (Wildman–Crippen MR) is 145 cm³/mol. The van der Waals surface area contributed by atoms with Gasteiger partial charge in [0.25, 0.3) is 0 Å². The van der Waals surface area contributed by atoms with Gasteiger partial charge in [-0.15, -0.1) is 0 Å². The second kappa shape index (κ2) is 14.6. The van der Waals surface area contributed by atoms with E-state index in [4.69, 9.17) is 0 Å². The molecular formula is C30H49N3O2. The van der Waals surface area contributed by atoms with Crippen LogP contribution in [0.5, 0.6) is 0 Å². The van der Waals surface area contributed by atoms with Crippen LogP contribution in [0.2, 0.25) is 0 Å². The maximum absolute atomic E-state index is 13.8. The van der Waals surface area contributed by atoms with Gasteiger partial charge in [-0.1, -0.05) is 89.8 Å². The lowest BCUT2D eigenvalue weighted by molar-refractivity contribution is -0.136. The van der Waals surface area contributed by atoms with E-state index in [1.807, 2.05) is 35.2 Å². The summed E-state index contributed by atoms with van der Waals surface area (Å²) in [6.45, 7) is 7.35. The topological polar surface area (TPSA) is 52.7 Å². The lowest BCUT2D eigenvalue weighted by Crippen LogP contribution is -2.69. The first-order valence-electron chi connectivity index (χ1n) is 14.5. The average molecular weight is 484 g/mol. The molecule has 196 valence electrons. The molecule has 1 saturated carbocycles. The van der Waals surface area contributed by atoms with Crippen LogP contribution in [0.15, 0.2) is 30.3 Å². The number of unbranched alkanes of at least 4 members (excludes halogenated alkanes) is 7. The number of nitrogens with zero attached hydrogens (tertiary/aromatic N) is 2. The van der Waals surface area contributed by atoms with Gasteiger partial charge in [0.2, 0.25) is 11.8 Å². The standard InChI is InChI=1S/C30H49N3O2/c1-4-6-8-9-10-14-22-28(34)32(23-17-7-5-2)24(3)29-31-27-21-16-15-20-26(27)30(35)33(29)25-18-12-11-13-19-25/h11-13,18-19,24,26-27,29,31H,4-10,14-17,20-23H2,1-3H3. The first-order valence-corrected chi connectivity index (χ1v) is 14.5. The minimum absolute atomic E-state index is 0.0415. The maximum Gasteiger partial charge on any atom is 0.233 e. The number of amides is 2. The fourth-order valence-corrected chi connectivity index (χ4v) is 5.93. The molecule has 1 aromatic carbocycles. The van der Waals surface area contributed by atoms with Crippen molar-refractivity contribution in [2.24, 2.45) is 5.92 Å². The summed E-state index contributed by atoms with van der Waals surface area (Å²) in [5.41, 5.74) is 0.933. The van der Waals surface area contributed by atoms with E-state index >= 15 is 0 Å².